The Kier molecular flexibility index (Phi) is 3.95. The summed E-state index contributed by atoms with van der Waals surface area (Å²) in [5, 5.41) is 2.21. The number of esters is 1. The lowest BCUT2D eigenvalue weighted by molar-refractivity contribution is 0.0601. The Bertz CT molecular complexity index is 413. The summed E-state index contributed by atoms with van der Waals surface area (Å²) in [7, 11) is 1.31. The molecule has 0 N–H and O–H groups in total. The van der Waals surface area contributed by atoms with Gasteiger partial charge in [0.2, 0.25) is 0 Å². The highest BCUT2D eigenvalue weighted by atomic mass is 79.9. The van der Waals surface area contributed by atoms with E-state index in [0.29, 0.717) is 11.3 Å². The lowest BCUT2D eigenvalue weighted by atomic mass is 10.2. The molecule has 0 amide bonds. The van der Waals surface area contributed by atoms with E-state index in [1.54, 1.807) is 18.2 Å². The Balaban J connectivity index is 3.28. The number of carbonyl (C=O) groups is 1. The molecule has 0 aliphatic heterocycles. The van der Waals surface area contributed by atoms with E-state index in [4.69, 9.17) is 0 Å². The van der Waals surface area contributed by atoms with Gasteiger partial charge in [-0.15, -0.1) is 0 Å². The molecular weight excluding hydrogens is 266 g/mol. The van der Waals surface area contributed by atoms with Crippen molar-refractivity contribution in [2.75, 3.05) is 7.11 Å². The minimum Gasteiger partial charge on any atom is -0.465 e. The van der Waals surface area contributed by atoms with Crippen LogP contribution in [0.2, 0.25) is 0 Å². The predicted octanol–water partition coefficient (Wildman–Crippen LogP) is 2.97. The summed E-state index contributed by atoms with van der Waals surface area (Å²) in [6.07, 6.45) is 0. The topological polar surface area (TPSA) is 38.7 Å². The molecule has 0 aliphatic rings. The number of hydrogen-bond donors (Lipinski definition) is 0. The molecule has 0 radical (unpaired) electrons. The summed E-state index contributed by atoms with van der Waals surface area (Å²) in [6.45, 7) is 0. The van der Waals surface area contributed by atoms with Crippen LogP contribution >= 0.6 is 28.1 Å². The van der Waals surface area contributed by atoms with Gasteiger partial charge >= 0.3 is 5.97 Å². The average molecular weight is 272 g/mol. The summed E-state index contributed by atoms with van der Waals surface area (Å²) in [6, 6.07) is 5.02. The van der Waals surface area contributed by atoms with Gasteiger partial charge in [-0.05, 0) is 30.4 Å². The fraction of sp³-hybridized carbons (Fsp3) is 0.111. The van der Waals surface area contributed by atoms with Gasteiger partial charge in [0.05, 0.1) is 23.5 Å². The van der Waals surface area contributed by atoms with Crippen molar-refractivity contribution < 1.29 is 9.53 Å². The number of aliphatic imine (C=N–C) groups is 1. The molecule has 0 aliphatic carbocycles. The first kappa shape index (κ1) is 11.0. The van der Waals surface area contributed by atoms with Crippen LogP contribution in [-0.2, 0) is 4.74 Å². The predicted molar refractivity (Wildman–Crippen MR) is 60.2 cm³/mol. The molecule has 0 fully saturated rings. The van der Waals surface area contributed by atoms with Gasteiger partial charge in [0.25, 0.3) is 0 Å². The Morgan fingerprint density at radius 2 is 2.36 bits per heavy atom. The number of methoxy groups -OCH3 is 1. The Hall–Kier alpha value is -1.03. The second-order valence-corrected chi connectivity index (χ2v) is 3.45. The zero-order valence-corrected chi connectivity index (χ0v) is 9.68. The van der Waals surface area contributed by atoms with Gasteiger partial charge in [0.1, 0.15) is 0 Å². The first-order valence-electron chi connectivity index (χ1n) is 3.64. The quantitative estimate of drug-likeness (QED) is 0.472. The molecule has 1 rings (SSSR count). The maximum Gasteiger partial charge on any atom is 0.340 e. The standard InChI is InChI=1S/C9H6BrNO2S/c1-13-9(12)7-3-2-6(10)4-8(7)11-5-14/h2-4H,1H3. The fourth-order valence-electron chi connectivity index (χ4n) is 0.929. The largest absolute Gasteiger partial charge is 0.465 e. The lowest BCUT2D eigenvalue weighted by Crippen LogP contribution is -2.01. The molecule has 0 heterocycles. The average Bonchev–Trinajstić information content (AvgIpc) is 2.17. The zero-order chi connectivity index (χ0) is 10.6. The van der Waals surface area contributed by atoms with Crippen LogP contribution in [0.1, 0.15) is 10.4 Å². The van der Waals surface area contributed by atoms with Crippen molar-refractivity contribution in [2.45, 2.75) is 0 Å². The first-order chi connectivity index (χ1) is 6.69. The van der Waals surface area contributed by atoms with Gasteiger partial charge in [0.15, 0.2) is 0 Å². The summed E-state index contributed by atoms with van der Waals surface area (Å²) >= 11 is 7.74. The third kappa shape index (κ3) is 2.48. The highest BCUT2D eigenvalue weighted by Crippen LogP contribution is 2.24. The van der Waals surface area contributed by atoms with Crippen LogP contribution in [-0.4, -0.2) is 18.2 Å². The van der Waals surface area contributed by atoms with Crippen LogP contribution in [0.15, 0.2) is 27.7 Å². The number of benzene rings is 1. The number of isothiocyanates is 1. The highest BCUT2D eigenvalue weighted by Gasteiger charge is 2.10. The summed E-state index contributed by atoms with van der Waals surface area (Å²) in [5.74, 6) is -0.443. The van der Waals surface area contributed by atoms with Crippen LogP contribution in [0.25, 0.3) is 0 Å². The van der Waals surface area contributed by atoms with E-state index in [2.05, 4.69) is 43.0 Å². The molecule has 0 atom stereocenters. The van der Waals surface area contributed by atoms with Gasteiger partial charge in [-0.2, -0.15) is 4.99 Å². The van der Waals surface area contributed by atoms with Gasteiger partial charge in [0, 0.05) is 4.47 Å². The monoisotopic (exact) mass is 271 g/mol. The molecular formula is C9H6BrNO2S. The minimum absolute atomic E-state index is 0.369. The Morgan fingerprint density at radius 3 is 2.93 bits per heavy atom. The molecule has 0 aromatic heterocycles. The molecule has 1 aromatic carbocycles. The van der Waals surface area contributed by atoms with E-state index in [1.807, 2.05) is 0 Å². The number of nitrogens with zero attached hydrogens (tertiary/aromatic N) is 1. The van der Waals surface area contributed by atoms with Crippen LogP contribution in [0.3, 0.4) is 0 Å². The SMILES string of the molecule is COC(=O)c1ccc(Br)cc1N=C=S. The zero-order valence-electron chi connectivity index (χ0n) is 7.28. The Labute approximate surface area is 94.9 Å². The van der Waals surface area contributed by atoms with Crippen molar-refractivity contribution in [1.82, 2.24) is 0 Å². The fourth-order valence-corrected chi connectivity index (χ4v) is 1.38. The number of halogens is 1. The van der Waals surface area contributed by atoms with Crippen molar-refractivity contribution in [3.05, 3.63) is 28.2 Å². The number of thiocarbonyl (C=S) groups is 1. The maximum atomic E-state index is 11.3. The summed E-state index contributed by atoms with van der Waals surface area (Å²) in [5.41, 5.74) is 0.814. The summed E-state index contributed by atoms with van der Waals surface area (Å²) < 4.78 is 5.40. The molecule has 0 bridgehead atoms. The normalized spacial score (nSPS) is 9.00. The van der Waals surface area contributed by atoms with E-state index in [0.717, 1.165) is 4.47 Å². The number of ether oxygens (including phenoxy) is 1. The molecule has 0 unspecified atom stereocenters. The Morgan fingerprint density at radius 1 is 1.64 bits per heavy atom. The van der Waals surface area contributed by atoms with E-state index in [-0.39, 0.29) is 0 Å². The van der Waals surface area contributed by atoms with Crippen molar-refractivity contribution in [1.29, 1.82) is 0 Å². The van der Waals surface area contributed by atoms with Crippen LogP contribution in [0.4, 0.5) is 5.69 Å². The number of hydrogen-bond acceptors (Lipinski definition) is 4. The molecule has 0 spiro atoms. The molecule has 0 saturated carbocycles. The first-order valence-corrected chi connectivity index (χ1v) is 4.85. The molecule has 0 saturated heterocycles. The van der Waals surface area contributed by atoms with Crippen molar-refractivity contribution in [3.8, 4) is 0 Å². The van der Waals surface area contributed by atoms with Gasteiger partial charge in [-0.25, -0.2) is 4.79 Å². The van der Waals surface area contributed by atoms with E-state index < -0.39 is 5.97 Å². The number of rotatable bonds is 2. The smallest absolute Gasteiger partial charge is 0.340 e. The van der Waals surface area contributed by atoms with Crippen molar-refractivity contribution in [2.24, 2.45) is 4.99 Å². The van der Waals surface area contributed by atoms with Crippen molar-refractivity contribution in [3.63, 3.8) is 0 Å². The summed E-state index contributed by atoms with van der Waals surface area (Å²) in [4.78, 5) is 15.0. The molecule has 14 heavy (non-hydrogen) atoms. The molecule has 5 heteroatoms. The van der Waals surface area contributed by atoms with E-state index in [1.165, 1.54) is 7.11 Å². The third-order valence-corrected chi connectivity index (χ3v) is 2.12. The maximum absolute atomic E-state index is 11.3. The molecule has 1 aromatic rings. The minimum atomic E-state index is -0.443. The van der Waals surface area contributed by atoms with Crippen molar-refractivity contribution >= 4 is 45.0 Å². The van der Waals surface area contributed by atoms with Crippen LogP contribution in [0.5, 0.6) is 0 Å². The van der Waals surface area contributed by atoms with Crippen LogP contribution in [0, 0.1) is 0 Å². The second kappa shape index (κ2) is 5.00. The van der Waals surface area contributed by atoms with E-state index in [9.17, 15) is 4.79 Å². The van der Waals surface area contributed by atoms with Gasteiger partial charge in [-0.3, -0.25) is 0 Å². The lowest BCUT2D eigenvalue weighted by Gasteiger charge is -2.02. The number of carbonyl (C=O) groups excluding carboxylic acids is 1. The second-order valence-electron chi connectivity index (χ2n) is 2.36. The third-order valence-electron chi connectivity index (χ3n) is 1.53. The molecule has 3 nitrogen and oxygen atoms in total. The molecule has 72 valence electrons. The van der Waals surface area contributed by atoms with Gasteiger partial charge < -0.3 is 4.74 Å². The van der Waals surface area contributed by atoms with Gasteiger partial charge in [-0.1, -0.05) is 15.9 Å². The van der Waals surface area contributed by atoms with Crippen LogP contribution < -0.4 is 0 Å². The van der Waals surface area contributed by atoms with E-state index >= 15 is 0 Å². The highest BCUT2D eigenvalue weighted by molar-refractivity contribution is 9.10.